The summed E-state index contributed by atoms with van der Waals surface area (Å²) in [4.78, 5) is 11.0. The maximum atomic E-state index is 11.0. The first-order chi connectivity index (χ1) is 14.6. The Labute approximate surface area is 179 Å². The van der Waals surface area contributed by atoms with E-state index in [1.807, 2.05) is 30.3 Å². The van der Waals surface area contributed by atoms with Crippen LogP contribution >= 0.6 is 11.8 Å². The molecular formula is C24H21N3O2S. The molecule has 150 valence electrons. The number of thioether (sulfide) groups is 1. The van der Waals surface area contributed by atoms with Crippen LogP contribution in [0.1, 0.15) is 27.0 Å². The molecule has 1 aromatic heterocycles. The summed E-state index contributed by atoms with van der Waals surface area (Å²) in [6.45, 7) is 2.74. The summed E-state index contributed by atoms with van der Waals surface area (Å²) >= 11 is 1.59. The monoisotopic (exact) mass is 415 g/mol. The quantitative estimate of drug-likeness (QED) is 0.415. The van der Waals surface area contributed by atoms with Gasteiger partial charge in [0.1, 0.15) is 0 Å². The van der Waals surface area contributed by atoms with Crippen LogP contribution in [0, 0.1) is 6.92 Å². The fraction of sp³-hybridized carbons (Fsp3) is 0.125. The Balaban J connectivity index is 1.61. The highest BCUT2D eigenvalue weighted by Gasteiger charge is 2.15. The van der Waals surface area contributed by atoms with Crippen molar-refractivity contribution in [3.8, 4) is 11.4 Å². The third kappa shape index (κ3) is 4.60. The van der Waals surface area contributed by atoms with E-state index >= 15 is 0 Å². The molecule has 3 aromatic carbocycles. The van der Waals surface area contributed by atoms with Gasteiger partial charge in [0.25, 0.3) is 0 Å². The van der Waals surface area contributed by atoms with Gasteiger partial charge < -0.3 is 5.11 Å². The van der Waals surface area contributed by atoms with Crippen LogP contribution in [0.5, 0.6) is 0 Å². The molecule has 4 rings (SSSR count). The number of rotatable bonds is 7. The highest BCUT2D eigenvalue weighted by atomic mass is 32.2. The van der Waals surface area contributed by atoms with Gasteiger partial charge in [-0.15, -0.1) is 10.2 Å². The van der Waals surface area contributed by atoms with Crippen molar-refractivity contribution >= 4 is 17.7 Å². The molecule has 0 spiro atoms. The molecule has 4 aromatic rings. The first-order valence-corrected chi connectivity index (χ1v) is 10.6. The number of nitrogens with zero attached hydrogens (tertiary/aromatic N) is 3. The number of hydrogen-bond donors (Lipinski definition) is 1. The van der Waals surface area contributed by atoms with E-state index in [1.165, 1.54) is 11.1 Å². The average Bonchev–Trinajstić information content (AvgIpc) is 3.16. The van der Waals surface area contributed by atoms with Crippen molar-refractivity contribution in [3.05, 3.63) is 101 Å². The van der Waals surface area contributed by atoms with Crippen LogP contribution in [-0.4, -0.2) is 25.8 Å². The number of aromatic carboxylic acids is 1. The summed E-state index contributed by atoms with van der Waals surface area (Å²) in [5.74, 6) is 0.600. The molecule has 5 nitrogen and oxygen atoms in total. The predicted molar refractivity (Wildman–Crippen MR) is 119 cm³/mol. The summed E-state index contributed by atoms with van der Waals surface area (Å²) in [5.41, 5.74) is 4.74. The van der Waals surface area contributed by atoms with Crippen molar-refractivity contribution in [2.24, 2.45) is 0 Å². The maximum Gasteiger partial charge on any atom is 0.335 e. The molecule has 30 heavy (non-hydrogen) atoms. The summed E-state index contributed by atoms with van der Waals surface area (Å²) in [6, 6.07) is 25.5. The van der Waals surface area contributed by atoms with Gasteiger partial charge in [0.15, 0.2) is 11.0 Å². The zero-order valence-electron chi connectivity index (χ0n) is 16.5. The lowest BCUT2D eigenvalue weighted by molar-refractivity contribution is 0.0697. The van der Waals surface area contributed by atoms with Gasteiger partial charge in [-0.05, 0) is 30.2 Å². The second kappa shape index (κ2) is 8.97. The van der Waals surface area contributed by atoms with Crippen LogP contribution in [0.15, 0.2) is 84.0 Å². The second-order valence-electron chi connectivity index (χ2n) is 7.03. The number of carboxylic acids is 1. The second-order valence-corrected chi connectivity index (χ2v) is 7.98. The van der Waals surface area contributed by atoms with E-state index in [9.17, 15) is 4.79 Å². The molecule has 0 aliphatic rings. The standard InChI is InChI=1S/C24H21N3O2S/c1-17-7-11-20(12-8-17)22-25-26-24(27(22)15-18-5-3-2-4-6-18)30-16-19-9-13-21(14-10-19)23(28)29/h2-14H,15-16H2,1H3,(H,28,29). The van der Waals surface area contributed by atoms with E-state index in [-0.39, 0.29) is 5.56 Å². The molecule has 0 amide bonds. The van der Waals surface area contributed by atoms with Crippen LogP contribution < -0.4 is 0 Å². The van der Waals surface area contributed by atoms with Crippen molar-refractivity contribution in [2.45, 2.75) is 24.4 Å². The molecule has 6 heteroatoms. The highest BCUT2D eigenvalue weighted by molar-refractivity contribution is 7.98. The molecule has 0 unspecified atom stereocenters. The molecular weight excluding hydrogens is 394 g/mol. The summed E-state index contributed by atoms with van der Waals surface area (Å²) in [7, 11) is 0. The van der Waals surface area contributed by atoms with Crippen molar-refractivity contribution in [1.82, 2.24) is 14.8 Å². The maximum absolute atomic E-state index is 11.0. The molecule has 1 heterocycles. The van der Waals surface area contributed by atoms with Crippen molar-refractivity contribution in [1.29, 1.82) is 0 Å². The smallest absolute Gasteiger partial charge is 0.335 e. The molecule has 0 saturated heterocycles. The van der Waals surface area contributed by atoms with E-state index in [1.54, 1.807) is 23.9 Å². The van der Waals surface area contributed by atoms with E-state index < -0.39 is 5.97 Å². The summed E-state index contributed by atoms with van der Waals surface area (Å²) in [6.07, 6.45) is 0. The lowest BCUT2D eigenvalue weighted by atomic mass is 10.1. The molecule has 0 fully saturated rings. The number of aromatic nitrogens is 3. The van der Waals surface area contributed by atoms with Gasteiger partial charge in [-0.1, -0.05) is 84.1 Å². The van der Waals surface area contributed by atoms with Crippen LogP contribution in [0.2, 0.25) is 0 Å². The largest absolute Gasteiger partial charge is 0.478 e. The zero-order chi connectivity index (χ0) is 20.9. The molecule has 0 radical (unpaired) electrons. The molecule has 1 N–H and O–H groups in total. The van der Waals surface area contributed by atoms with Gasteiger partial charge in [-0.2, -0.15) is 0 Å². The van der Waals surface area contributed by atoms with Crippen molar-refractivity contribution in [3.63, 3.8) is 0 Å². The minimum Gasteiger partial charge on any atom is -0.478 e. The van der Waals surface area contributed by atoms with Gasteiger partial charge in [-0.3, -0.25) is 4.57 Å². The Bertz CT molecular complexity index is 1140. The minimum atomic E-state index is -0.917. The third-order valence-electron chi connectivity index (χ3n) is 4.78. The normalized spacial score (nSPS) is 10.8. The molecule has 0 saturated carbocycles. The van der Waals surface area contributed by atoms with E-state index in [2.05, 4.69) is 58.1 Å². The van der Waals surface area contributed by atoms with Crippen LogP contribution in [0.4, 0.5) is 0 Å². The Kier molecular flexibility index (Phi) is 5.95. The Morgan fingerprint density at radius 2 is 1.60 bits per heavy atom. The number of benzene rings is 3. The van der Waals surface area contributed by atoms with Gasteiger partial charge in [0.05, 0.1) is 12.1 Å². The number of carboxylic acid groups (broad SMARTS) is 1. The highest BCUT2D eigenvalue weighted by Crippen LogP contribution is 2.27. The summed E-state index contributed by atoms with van der Waals surface area (Å²) in [5, 5.41) is 18.8. The lowest BCUT2D eigenvalue weighted by Crippen LogP contribution is -2.04. The Hall–Kier alpha value is -3.38. The molecule has 0 aliphatic heterocycles. The Morgan fingerprint density at radius 3 is 2.27 bits per heavy atom. The lowest BCUT2D eigenvalue weighted by Gasteiger charge is -2.11. The zero-order valence-corrected chi connectivity index (χ0v) is 17.3. The number of hydrogen-bond acceptors (Lipinski definition) is 4. The summed E-state index contributed by atoms with van der Waals surface area (Å²) < 4.78 is 2.14. The predicted octanol–water partition coefficient (Wildman–Crippen LogP) is 5.29. The van der Waals surface area contributed by atoms with Crippen molar-refractivity contribution in [2.75, 3.05) is 0 Å². The fourth-order valence-corrected chi connectivity index (χ4v) is 4.01. The SMILES string of the molecule is Cc1ccc(-c2nnc(SCc3ccc(C(=O)O)cc3)n2Cc2ccccc2)cc1. The van der Waals surface area contributed by atoms with E-state index in [0.29, 0.717) is 12.3 Å². The van der Waals surface area contributed by atoms with Crippen LogP contribution in [0.25, 0.3) is 11.4 Å². The van der Waals surface area contributed by atoms with Crippen LogP contribution in [0.3, 0.4) is 0 Å². The first kappa shape index (κ1) is 19.9. The van der Waals surface area contributed by atoms with E-state index in [0.717, 1.165) is 22.1 Å². The Morgan fingerprint density at radius 1 is 0.900 bits per heavy atom. The molecule has 0 aliphatic carbocycles. The van der Waals surface area contributed by atoms with Gasteiger partial charge in [0, 0.05) is 11.3 Å². The van der Waals surface area contributed by atoms with Gasteiger partial charge in [0.2, 0.25) is 0 Å². The number of aryl methyl sites for hydroxylation is 1. The van der Waals surface area contributed by atoms with Crippen molar-refractivity contribution < 1.29 is 9.90 Å². The molecule has 0 atom stereocenters. The van der Waals surface area contributed by atoms with E-state index in [4.69, 9.17) is 5.11 Å². The van der Waals surface area contributed by atoms with Crippen LogP contribution in [-0.2, 0) is 12.3 Å². The first-order valence-electron chi connectivity index (χ1n) is 9.59. The average molecular weight is 416 g/mol. The van der Waals surface area contributed by atoms with Gasteiger partial charge >= 0.3 is 5.97 Å². The third-order valence-corrected chi connectivity index (χ3v) is 5.82. The topological polar surface area (TPSA) is 68.0 Å². The molecule has 0 bridgehead atoms. The van der Waals surface area contributed by atoms with Gasteiger partial charge in [-0.25, -0.2) is 4.79 Å². The minimum absolute atomic E-state index is 0.289. The fourth-order valence-electron chi connectivity index (χ4n) is 3.11. The number of carbonyl (C=O) groups is 1.